The molecule has 6 aromatic carbocycles. The number of hydrogen-bond donors (Lipinski definition) is 10. The first-order chi connectivity index (χ1) is 50.0. The van der Waals surface area contributed by atoms with Gasteiger partial charge in [0.2, 0.25) is 0 Å². The molecule has 107 heavy (non-hydrogen) atoms. The average Bonchev–Trinajstić information content (AvgIpc) is 1.60. The Labute approximate surface area is 629 Å². The minimum Gasteiger partial charge on any atom is -0.870 e. The molecule has 29 heteroatoms. The molecule has 0 radical (unpaired) electrons. The fourth-order valence-electron chi connectivity index (χ4n) is 11.3. The Kier molecular flexibility index (Phi) is 34.2. The van der Waals surface area contributed by atoms with Gasteiger partial charge in [0.1, 0.15) is 17.0 Å². The number of Topliss-reactive ketones (excluding diaryl/α,β-unsaturated/α-hetero) is 1. The zero-order chi connectivity index (χ0) is 78.0. The third kappa shape index (κ3) is 24.8. The van der Waals surface area contributed by atoms with Crippen molar-refractivity contribution in [2.75, 3.05) is 14.2 Å². The van der Waals surface area contributed by atoms with E-state index in [2.05, 4.69) is 45.9 Å². The Morgan fingerprint density at radius 2 is 0.542 bits per heavy atom. The molecule has 11 N–H and O–H groups in total. The number of carbonyl (C=O) groups is 3. The van der Waals surface area contributed by atoms with Gasteiger partial charge in [-0.15, -0.1) is 0 Å². The first kappa shape index (κ1) is 90.7. The van der Waals surface area contributed by atoms with Gasteiger partial charge in [-0.2, -0.15) is 38.4 Å². The van der Waals surface area contributed by atoms with Gasteiger partial charge in [0, 0.05) is 52.7 Å². The number of rotatable bonds is 10. The Morgan fingerprint density at radius 3 is 0.757 bits per heavy atom. The monoisotopic (exact) mass is 1480 g/mol. The molecule has 572 valence electrons. The van der Waals surface area contributed by atoms with Gasteiger partial charge in [0.25, 0.3) is 24.5 Å². The Balaban J connectivity index is 0.000000317. The Morgan fingerprint density at radius 1 is 0.327 bits per heavy atom. The number of benzene rings is 6. The number of ketones is 1. The summed E-state index contributed by atoms with van der Waals surface area (Å²) >= 11 is 0. The van der Waals surface area contributed by atoms with Gasteiger partial charge >= 0.3 is 43.5 Å². The molecule has 11 aliphatic rings. The van der Waals surface area contributed by atoms with E-state index < -0.39 is 17.0 Å². The maximum atomic E-state index is 10.5. The van der Waals surface area contributed by atoms with E-state index in [0.29, 0.717) is 24.1 Å². The van der Waals surface area contributed by atoms with Crippen LogP contribution < -0.4 is 37.8 Å². The van der Waals surface area contributed by atoms with Crippen molar-refractivity contribution < 1.29 is 157 Å². The zero-order valence-corrected chi connectivity index (χ0v) is 60.8. The van der Waals surface area contributed by atoms with Gasteiger partial charge in [-0.3, -0.25) is 14.4 Å². The molecule has 0 atom stereocenters. The van der Waals surface area contributed by atoms with E-state index in [0.717, 1.165) is 142 Å². The van der Waals surface area contributed by atoms with Crippen LogP contribution in [0.4, 0.5) is 0 Å². The van der Waals surface area contributed by atoms with Crippen LogP contribution in [0, 0.1) is 0 Å². The van der Waals surface area contributed by atoms with Crippen LogP contribution in [0.2, 0.25) is 0 Å². The molecule has 0 amide bonds. The third-order valence-corrected chi connectivity index (χ3v) is 19.9. The molecule has 9 fully saturated rings. The maximum absolute atomic E-state index is 10.5. The smallest absolute Gasteiger partial charge is 0.870 e. The second-order valence-electron chi connectivity index (χ2n) is 27.5. The number of carbonyl (C=O) groups excluding carboxylic acids is 11. The molecular weight excluding hydrogens is 1390 g/mol. The summed E-state index contributed by atoms with van der Waals surface area (Å²) in [5.41, 5.74) is 6.71. The van der Waals surface area contributed by atoms with Crippen LogP contribution in [0.5, 0.6) is 69.0 Å². The van der Waals surface area contributed by atoms with E-state index in [4.69, 9.17) is 97.4 Å². The predicted octanol–water partition coefficient (Wildman–Crippen LogP) is 8.05. The van der Waals surface area contributed by atoms with E-state index in [1.165, 1.54) is 75.5 Å². The first-order valence-electron chi connectivity index (χ1n) is 33.8. The van der Waals surface area contributed by atoms with Crippen LogP contribution in [-0.4, -0.2) is 126 Å². The molecule has 0 saturated heterocycles. The molecule has 28 nitrogen and oxygen atoms in total. The molecule has 6 aromatic rings. The van der Waals surface area contributed by atoms with E-state index in [1.54, 1.807) is 42.5 Å². The van der Waals surface area contributed by atoms with Crippen LogP contribution in [-0.2, 0) is 95.1 Å². The maximum Gasteiger partial charge on any atom is 1.00 e. The van der Waals surface area contributed by atoms with Gasteiger partial charge < -0.3 is 85.0 Å². The van der Waals surface area contributed by atoms with Gasteiger partial charge in [-0.05, 0) is 224 Å². The predicted molar refractivity (Wildman–Crippen MR) is 367 cm³/mol. The third-order valence-electron chi connectivity index (χ3n) is 19.9. The average molecular weight is 1480 g/mol. The summed E-state index contributed by atoms with van der Waals surface area (Å²) in [6.07, 6.45) is 23.1. The van der Waals surface area contributed by atoms with Crippen molar-refractivity contribution in [3.05, 3.63) is 143 Å². The molecular formula is C78H91LiO28. The molecule has 0 aromatic heterocycles. The number of aliphatic hydroxyl groups is 2. The van der Waals surface area contributed by atoms with Crippen LogP contribution in [0.15, 0.2) is 109 Å². The van der Waals surface area contributed by atoms with Crippen molar-refractivity contribution in [2.24, 2.45) is 0 Å². The topological polar surface area (TPSA) is 475 Å². The largest absolute Gasteiger partial charge is 1.00 e. The Bertz CT molecular complexity index is 3850. The summed E-state index contributed by atoms with van der Waals surface area (Å²) in [5, 5.41) is 87.3. The van der Waals surface area contributed by atoms with Crippen molar-refractivity contribution in [3.8, 4) is 69.0 Å². The summed E-state index contributed by atoms with van der Waals surface area (Å²) in [7, 11) is 2.00. The molecule has 0 unspecified atom stereocenters. The molecule has 9 aliphatic carbocycles. The fraction of sp³-hybridized carbons (Fsp3) is 0.449. The van der Waals surface area contributed by atoms with Crippen LogP contribution >= 0.6 is 0 Å². The van der Waals surface area contributed by atoms with Crippen LogP contribution in [0.25, 0.3) is 0 Å². The van der Waals surface area contributed by atoms with Gasteiger partial charge in [0.05, 0.1) is 0 Å². The summed E-state index contributed by atoms with van der Waals surface area (Å²) in [5.74, 6) is 2.72. The SMILES string of the molecule is CC1(c2ccc(O)c(O)c2)CC1.CC1(c2ccc(O)c(O)c2)CC1.CC1(c2ccc(O)c(O)c2)CC1.CC1(c2ccc3c(c2)OC2(CCC2)O3)CC1.CO.CO.O=C1CCC1.O=C=O.O=C=O.O=C=O.O=C=O.O=COC1(c2ccc(O)c(O)c2)CC1.O=COC1(c2ccc3c(c2)OC2(CCC2)O3)CC1.[Li+].[OH-]. The van der Waals surface area contributed by atoms with E-state index in [9.17, 15) is 34.8 Å². The summed E-state index contributed by atoms with van der Waals surface area (Å²) in [6.45, 7) is 9.77. The number of fused-ring (bicyclic) bond motifs is 2. The normalized spacial score (nSPS) is 18.2. The summed E-state index contributed by atoms with van der Waals surface area (Å²) in [6, 6.07) is 32.0. The molecule has 2 heterocycles. The second kappa shape index (κ2) is 40.3. The molecule has 17 rings (SSSR count). The van der Waals surface area contributed by atoms with Crippen LogP contribution in [0.3, 0.4) is 0 Å². The van der Waals surface area contributed by atoms with Crippen molar-refractivity contribution in [3.63, 3.8) is 0 Å². The van der Waals surface area contributed by atoms with E-state index in [-0.39, 0.29) is 117 Å². The first-order valence-corrected chi connectivity index (χ1v) is 33.8. The standard InChI is InChI=1S/C14H14O4.C14H16O2.C10H10O4.3C10H12O2.C4H6O.4CO2.2CH4O.Li.H2O/c15-9-16-13(6-7-13)10-2-3-11-12(8-10)18-14(17-11)4-1-5-14;1-13(7-8-13)10-3-4-11-12(9-10)16-14(15-11)5-2-6-14;11-6-14-10(3-4-10)7-1-2-8(12)9(13)5-7;3*1-10(4-5-10)7-2-3-8(11)9(12)6-7;5-4-2-1-3-4;4*2-1-3;2*1-2;;/h2-3,8-9H,1,4-7H2;3-4,9H,2,5-8H2,1H3;1-2,5-6,12-13H,3-4H2;3*2-3,6,11-12H,4-5H2,1H3;1-3H2;;;;;2*2H,1H3;;1H2/q;;;;;;;;;;;;;+1;/p-1. The fourth-order valence-corrected chi connectivity index (χ4v) is 11.3. The van der Waals surface area contributed by atoms with E-state index >= 15 is 0 Å². The van der Waals surface area contributed by atoms with Crippen molar-refractivity contribution in [1.29, 1.82) is 0 Å². The quantitative estimate of drug-likeness (QED) is 0.0352. The van der Waals surface area contributed by atoms with Gasteiger partial charge in [-0.1, -0.05) is 64.1 Å². The number of aliphatic hydroxyl groups excluding tert-OH is 2. The zero-order valence-electron chi connectivity index (χ0n) is 60.8. The number of hydrogen-bond acceptors (Lipinski definition) is 28. The summed E-state index contributed by atoms with van der Waals surface area (Å²) in [4.78, 5) is 95.7. The van der Waals surface area contributed by atoms with Crippen LogP contribution in [0.1, 0.15) is 196 Å². The van der Waals surface area contributed by atoms with Crippen molar-refractivity contribution >= 4 is 43.3 Å². The number of phenolic OH excluding ortho intramolecular Hbond substituents is 8. The minimum absolute atomic E-state index is 0. The molecule has 2 aliphatic heterocycles. The summed E-state index contributed by atoms with van der Waals surface area (Å²) < 4.78 is 33.8. The minimum atomic E-state index is -0.563. The number of phenols is 8. The molecule has 9 saturated carbocycles. The number of ether oxygens (including phenoxy) is 6. The molecule has 2 spiro atoms. The van der Waals surface area contributed by atoms with E-state index in [1.807, 2.05) is 36.4 Å². The van der Waals surface area contributed by atoms with Crippen molar-refractivity contribution in [2.45, 2.75) is 207 Å². The second-order valence-corrected chi connectivity index (χ2v) is 27.5. The Hall–Kier alpha value is -10.5. The van der Waals surface area contributed by atoms with Gasteiger partial charge in [0.15, 0.2) is 69.0 Å². The van der Waals surface area contributed by atoms with Crippen molar-refractivity contribution in [1.82, 2.24) is 0 Å². The molecule has 0 bridgehead atoms. The number of aromatic hydroxyl groups is 8. The van der Waals surface area contributed by atoms with Gasteiger partial charge in [-0.25, -0.2) is 0 Å².